The molecule has 0 aromatic heterocycles. The average Bonchev–Trinajstić information content (AvgIpc) is 2.52. The van der Waals surface area contributed by atoms with Crippen LogP contribution < -0.4 is 5.32 Å². The SMILES string of the molecule is C[C@H](C(=O)NCC(=O)O)c1ccc(-c2ccccc2)c(F)c1. The molecule has 0 unspecified atom stereocenters. The molecule has 0 fully saturated rings. The monoisotopic (exact) mass is 301 g/mol. The lowest BCUT2D eigenvalue weighted by Crippen LogP contribution is -2.32. The molecule has 2 rings (SSSR count). The van der Waals surface area contributed by atoms with E-state index < -0.39 is 30.2 Å². The molecular formula is C17H16FNO3. The summed E-state index contributed by atoms with van der Waals surface area (Å²) in [5.41, 5.74) is 1.72. The van der Waals surface area contributed by atoms with Crippen molar-refractivity contribution in [2.75, 3.05) is 6.54 Å². The molecule has 1 amide bonds. The Morgan fingerprint density at radius 2 is 1.86 bits per heavy atom. The van der Waals surface area contributed by atoms with Crippen molar-refractivity contribution in [3.8, 4) is 11.1 Å². The Labute approximate surface area is 127 Å². The molecule has 0 heterocycles. The maximum atomic E-state index is 14.2. The van der Waals surface area contributed by atoms with Crippen molar-refractivity contribution in [1.29, 1.82) is 0 Å². The molecule has 22 heavy (non-hydrogen) atoms. The molecule has 2 aromatic rings. The molecule has 0 aliphatic heterocycles. The number of hydrogen-bond donors (Lipinski definition) is 2. The van der Waals surface area contributed by atoms with E-state index in [0.717, 1.165) is 5.56 Å². The highest BCUT2D eigenvalue weighted by Gasteiger charge is 2.17. The molecule has 2 N–H and O–H groups in total. The van der Waals surface area contributed by atoms with Gasteiger partial charge in [0.15, 0.2) is 0 Å². The van der Waals surface area contributed by atoms with Gasteiger partial charge in [-0.15, -0.1) is 0 Å². The van der Waals surface area contributed by atoms with E-state index in [1.54, 1.807) is 31.2 Å². The van der Waals surface area contributed by atoms with Gasteiger partial charge in [0.25, 0.3) is 0 Å². The first-order valence-corrected chi connectivity index (χ1v) is 6.83. The Balaban J connectivity index is 2.18. The number of carboxylic acids is 1. The summed E-state index contributed by atoms with van der Waals surface area (Å²) in [5.74, 6) is -2.61. The van der Waals surface area contributed by atoms with Crippen LogP contribution in [0.2, 0.25) is 0 Å². The lowest BCUT2D eigenvalue weighted by molar-refractivity contribution is -0.138. The summed E-state index contributed by atoms with van der Waals surface area (Å²) in [6.07, 6.45) is 0. The van der Waals surface area contributed by atoms with Gasteiger partial charge in [0.2, 0.25) is 5.91 Å². The number of carboxylic acid groups (broad SMARTS) is 1. The van der Waals surface area contributed by atoms with Crippen LogP contribution in [0.4, 0.5) is 4.39 Å². The standard InChI is InChI=1S/C17H16FNO3/c1-11(17(22)19-10-16(20)21)13-7-8-14(15(18)9-13)12-5-3-2-4-6-12/h2-9,11H,10H2,1H3,(H,19,22)(H,20,21)/t11-/m0/s1. The molecule has 114 valence electrons. The van der Waals surface area contributed by atoms with Crippen molar-refractivity contribution in [2.45, 2.75) is 12.8 Å². The first-order valence-electron chi connectivity index (χ1n) is 6.83. The van der Waals surface area contributed by atoms with Crippen LogP contribution in [0.25, 0.3) is 11.1 Å². The van der Waals surface area contributed by atoms with Gasteiger partial charge < -0.3 is 10.4 Å². The fourth-order valence-electron chi connectivity index (χ4n) is 2.12. The van der Waals surface area contributed by atoms with Gasteiger partial charge in [-0.2, -0.15) is 0 Å². The number of hydrogen-bond acceptors (Lipinski definition) is 2. The second-order valence-electron chi connectivity index (χ2n) is 4.94. The average molecular weight is 301 g/mol. The summed E-state index contributed by atoms with van der Waals surface area (Å²) in [5, 5.41) is 10.8. The highest BCUT2D eigenvalue weighted by atomic mass is 19.1. The zero-order valence-electron chi connectivity index (χ0n) is 12.0. The number of carbonyl (C=O) groups excluding carboxylic acids is 1. The Kier molecular flexibility index (Phi) is 4.88. The number of carbonyl (C=O) groups is 2. The normalized spacial score (nSPS) is 11.7. The van der Waals surface area contributed by atoms with E-state index in [2.05, 4.69) is 5.32 Å². The number of benzene rings is 2. The third kappa shape index (κ3) is 3.69. The maximum Gasteiger partial charge on any atom is 0.322 e. The van der Waals surface area contributed by atoms with Crippen LogP contribution in [0.3, 0.4) is 0 Å². The van der Waals surface area contributed by atoms with Crippen LogP contribution in [-0.2, 0) is 9.59 Å². The van der Waals surface area contributed by atoms with Gasteiger partial charge in [-0.05, 0) is 24.1 Å². The van der Waals surface area contributed by atoms with E-state index in [0.29, 0.717) is 11.1 Å². The van der Waals surface area contributed by atoms with E-state index >= 15 is 0 Å². The van der Waals surface area contributed by atoms with Crippen LogP contribution >= 0.6 is 0 Å². The lowest BCUT2D eigenvalue weighted by Gasteiger charge is -2.13. The first-order chi connectivity index (χ1) is 10.5. The second-order valence-corrected chi connectivity index (χ2v) is 4.94. The van der Waals surface area contributed by atoms with Crippen molar-refractivity contribution in [3.05, 3.63) is 59.9 Å². The molecular weight excluding hydrogens is 285 g/mol. The maximum absolute atomic E-state index is 14.2. The molecule has 0 aliphatic rings. The highest BCUT2D eigenvalue weighted by Crippen LogP contribution is 2.26. The van der Waals surface area contributed by atoms with Crippen molar-refractivity contribution in [1.82, 2.24) is 5.32 Å². The van der Waals surface area contributed by atoms with Gasteiger partial charge in [0.1, 0.15) is 12.4 Å². The Hall–Kier alpha value is -2.69. The molecule has 0 saturated heterocycles. The molecule has 0 radical (unpaired) electrons. The van der Waals surface area contributed by atoms with E-state index in [1.807, 2.05) is 18.2 Å². The van der Waals surface area contributed by atoms with Crippen LogP contribution in [0.1, 0.15) is 18.4 Å². The number of amides is 1. The quantitative estimate of drug-likeness (QED) is 0.892. The van der Waals surface area contributed by atoms with Gasteiger partial charge in [0, 0.05) is 5.56 Å². The minimum atomic E-state index is -1.12. The molecule has 5 heteroatoms. The smallest absolute Gasteiger partial charge is 0.322 e. The predicted octanol–water partition coefficient (Wildman–Crippen LogP) is 2.80. The first kappa shape index (κ1) is 15.7. The van der Waals surface area contributed by atoms with E-state index in [1.165, 1.54) is 6.07 Å². The number of aliphatic carboxylic acids is 1. The minimum absolute atomic E-state index is 0.415. The third-order valence-electron chi connectivity index (χ3n) is 3.39. The Morgan fingerprint density at radius 1 is 1.18 bits per heavy atom. The fraction of sp³-hybridized carbons (Fsp3) is 0.176. The van der Waals surface area contributed by atoms with E-state index in [4.69, 9.17) is 5.11 Å². The summed E-state index contributed by atoms with van der Waals surface area (Å²) in [6.45, 7) is 1.15. The summed E-state index contributed by atoms with van der Waals surface area (Å²) < 4.78 is 14.2. The number of rotatable bonds is 5. The Morgan fingerprint density at radius 3 is 2.45 bits per heavy atom. The lowest BCUT2D eigenvalue weighted by atomic mass is 9.96. The molecule has 1 atom stereocenters. The molecule has 0 bridgehead atoms. The van der Waals surface area contributed by atoms with E-state index in [-0.39, 0.29) is 0 Å². The summed E-state index contributed by atoms with van der Waals surface area (Å²) in [4.78, 5) is 22.3. The minimum Gasteiger partial charge on any atom is -0.480 e. The highest BCUT2D eigenvalue weighted by molar-refractivity contribution is 5.86. The zero-order chi connectivity index (χ0) is 16.1. The topological polar surface area (TPSA) is 66.4 Å². The third-order valence-corrected chi connectivity index (χ3v) is 3.39. The van der Waals surface area contributed by atoms with Crippen molar-refractivity contribution in [3.63, 3.8) is 0 Å². The van der Waals surface area contributed by atoms with Gasteiger partial charge in [0.05, 0.1) is 5.92 Å². The van der Waals surface area contributed by atoms with Crippen molar-refractivity contribution >= 4 is 11.9 Å². The second kappa shape index (κ2) is 6.85. The van der Waals surface area contributed by atoms with Gasteiger partial charge in [-0.3, -0.25) is 9.59 Å². The van der Waals surface area contributed by atoms with E-state index in [9.17, 15) is 14.0 Å². The molecule has 0 aliphatic carbocycles. The molecule has 0 saturated carbocycles. The van der Waals surface area contributed by atoms with Gasteiger partial charge in [-0.1, -0.05) is 42.5 Å². The van der Waals surface area contributed by atoms with Crippen LogP contribution in [0.15, 0.2) is 48.5 Å². The van der Waals surface area contributed by atoms with Crippen molar-refractivity contribution < 1.29 is 19.1 Å². The van der Waals surface area contributed by atoms with Crippen LogP contribution in [-0.4, -0.2) is 23.5 Å². The summed E-state index contributed by atoms with van der Waals surface area (Å²) >= 11 is 0. The fourth-order valence-corrected chi connectivity index (χ4v) is 2.12. The van der Waals surface area contributed by atoms with Gasteiger partial charge >= 0.3 is 5.97 Å². The molecule has 0 spiro atoms. The zero-order valence-corrected chi connectivity index (χ0v) is 12.0. The summed E-state index contributed by atoms with van der Waals surface area (Å²) in [6, 6.07) is 13.7. The number of halogens is 1. The van der Waals surface area contributed by atoms with Crippen LogP contribution in [0, 0.1) is 5.82 Å². The molecule has 2 aromatic carbocycles. The van der Waals surface area contributed by atoms with Gasteiger partial charge in [-0.25, -0.2) is 4.39 Å². The van der Waals surface area contributed by atoms with Crippen molar-refractivity contribution in [2.24, 2.45) is 0 Å². The number of nitrogens with one attached hydrogen (secondary N) is 1. The van der Waals surface area contributed by atoms with Crippen LogP contribution in [0.5, 0.6) is 0 Å². The predicted molar refractivity (Wildman–Crippen MR) is 80.9 cm³/mol. The largest absolute Gasteiger partial charge is 0.480 e. The molecule has 4 nitrogen and oxygen atoms in total. The Bertz CT molecular complexity index is 686. The summed E-state index contributed by atoms with van der Waals surface area (Å²) in [7, 11) is 0.